The van der Waals surface area contributed by atoms with E-state index in [1.165, 1.54) is 12.1 Å². The molecule has 2 aromatic rings. The van der Waals surface area contributed by atoms with Crippen LogP contribution >= 0.6 is 27.7 Å². The summed E-state index contributed by atoms with van der Waals surface area (Å²) in [5.41, 5.74) is 1.88. The lowest BCUT2D eigenvalue weighted by Crippen LogP contribution is -2.14. The minimum atomic E-state index is -0.437. The Morgan fingerprint density at radius 3 is 2.55 bits per heavy atom. The highest BCUT2D eigenvalue weighted by atomic mass is 79.9. The van der Waals surface area contributed by atoms with Gasteiger partial charge in [0.25, 0.3) is 0 Å². The third-order valence-corrected chi connectivity index (χ3v) is 4.70. The predicted molar refractivity (Wildman–Crippen MR) is 85.7 cm³/mol. The minimum Gasteiger partial charge on any atom is -0.392 e. The van der Waals surface area contributed by atoms with Crippen molar-refractivity contribution in [3.8, 4) is 0 Å². The first kappa shape index (κ1) is 15.5. The summed E-state index contributed by atoms with van der Waals surface area (Å²) in [4.78, 5) is 1.13. The normalized spacial score (nSPS) is 12.4. The van der Waals surface area contributed by atoms with Crippen LogP contribution in [0.4, 0.5) is 4.39 Å². The fraction of sp³-hybridized carbons (Fsp3) is 0.250. The van der Waals surface area contributed by atoms with E-state index in [1.54, 1.807) is 17.8 Å². The molecule has 1 atom stereocenters. The molecule has 1 nitrogen and oxygen atoms in total. The summed E-state index contributed by atoms with van der Waals surface area (Å²) in [5.74, 6) is 0.392. The molecule has 0 bridgehead atoms. The highest BCUT2D eigenvalue weighted by Gasteiger charge is 2.09. The van der Waals surface area contributed by atoms with E-state index >= 15 is 0 Å². The fourth-order valence-corrected chi connectivity index (χ4v) is 3.02. The quantitative estimate of drug-likeness (QED) is 0.792. The SMILES string of the molecule is Cc1cc(F)ccc1CC(O)CSc1ccc(Br)cc1. The van der Waals surface area contributed by atoms with Crippen molar-refractivity contribution in [2.75, 3.05) is 5.75 Å². The number of benzene rings is 2. The maximum atomic E-state index is 13.0. The molecule has 0 fully saturated rings. The van der Waals surface area contributed by atoms with Gasteiger partial charge in [-0.15, -0.1) is 11.8 Å². The van der Waals surface area contributed by atoms with Crippen LogP contribution in [0.3, 0.4) is 0 Å². The second-order valence-electron chi connectivity index (χ2n) is 4.69. The van der Waals surface area contributed by atoms with E-state index in [2.05, 4.69) is 15.9 Å². The summed E-state index contributed by atoms with van der Waals surface area (Å²) in [7, 11) is 0. The molecular formula is C16H16BrFOS. The zero-order valence-corrected chi connectivity index (χ0v) is 13.5. The van der Waals surface area contributed by atoms with Crippen molar-refractivity contribution >= 4 is 27.7 Å². The van der Waals surface area contributed by atoms with Gasteiger partial charge >= 0.3 is 0 Å². The molecule has 4 heteroatoms. The molecule has 0 spiro atoms. The predicted octanol–water partition coefficient (Wildman–Crippen LogP) is 4.59. The number of aliphatic hydroxyl groups excluding tert-OH is 1. The van der Waals surface area contributed by atoms with E-state index in [9.17, 15) is 9.50 Å². The third-order valence-electron chi connectivity index (χ3n) is 3.02. The standard InChI is InChI=1S/C16H16BrFOS/c1-11-8-14(18)5-2-12(11)9-15(19)10-20-16-6-3-13(17)4-7-16/h2-8,15,19H,9-10H2,1H3. The van der Waals surface area contributed by atoms with Crippen LogP contribution in [0.2, 0.25) is 0 Å². The van der Waals surface area contributed by atoms with Crippen molar-refractivity contribution in [3.05, 3.63) is 63.9 Å². The summed E-state index contributed by atoms with van der Waals surface area (Å²) in [6.45, 7) is 1.87. The molecule has 20 heavy (non-hydrogen) atoms. The lowest BCUT2D eigenvalue weighted by atomic mass is 10.0. The fourth-order valence-electron chi connectivity index (χ4n) is 1.92. The second kappa shape index (κ2) is 7.25. The maximum Gasteiger partial charge on any atom is 0.123 e. The van der Waals surface area contributed by atoms with Gasteiger partial charge in [-0.25, -0.2) is 4.39 Å². The lowest BCUT2D eigenvalue weighted by Gasteiger charge is -2.12. The Kier molecular flexibility index (Phi) is 5.64. The van der Waals surface area contributed by atoms with Gasteiger partial charge in [0.1, 0.15) is 5.82 Å². The Hall–Kier alpha value is -0.840. The number of rotatable bonds is 5. The van der Waals surface area contributed by atoms with Crippen LogP contribution in [0.25, 0.3) is 0 Å². The molecule has 1 N–H and O–H groups in total. The minimum absolute atomic E-state index is 0.232. The van der Waals surface area contributed by atoms with E-state index in [0.29, 0.717) is 12.2 Å². The van der Waals surface area contributed by atoms with Crippen molar-refractivity contribution in [3.63, 3.8) is 0 Å². The van der Waals surface area contributed by atoms with E-state index < -0.39 is 6.10 Å². The first-order chi connectivity index (χ1) is 9.54. The van der Waals surface area contributed by atoms with Gasteiger partial charge in [0.05, 0.1) is 6.10 Å². The zero-order valence-electron chi connectivity index (χ0n) is 11.1. The lowest BCUT2D eigenvalue weighted by molar-refractivity contribution is 0.200. The van der Waals surface area contributed by atoms with E-state index in [0.717, 1.165) is 20.5 Å². The second-order valence-corrected chi connectivity index (χ2v) is 6.70. The van der Waals surface area contributed by atoms with Crippen LogP contribution in [-0.4, -0.2) is 17.0 Å². The molecular weight excluding hydrogens is 339 g/mol. The van der Waals surface area contributed by atoms with Gasteiger partial charge < -0.3 is 5.11 Å². The number of aryl methyl sites for hydroxylation is 1. The number of hydrogen-bond donors (Lipinski definition) is 1. The van der Waals surface area contributed by atoms with Crippen LogP contribution in [0, 0.1) is 12.7 Å². The molecule has 0 aliphatic carbocycles. The number of halogens is 2. The Balaban J connectivity index is 1.89. The molecule has 0 radical (unpaired) electrons. The van der Waals surface area contributed by atoms with Gasteiger partial charge in [0, 0.05) is 15.1 Å². The summed E-state index contributed by atoms with van der Waals surface area (Å²) in [5, 5.41) is 10.1. The molecule has 2 aromatic carbocycles. The summed E-state index contributed by atoms with van der Waals surface area (Å²) in [6, 6.07) is 12.7. The molecule has 0 aliphatic heterocycles. The van der Waals surface area contributed by atoms with Gasteiger partial charge in [0.2, 0.25) is 0 Å². The van der Waals surface area contributed by atoms with Gasteiger partial charge in [0.15, 0.2) is 0 Å². The van der Waals surface area contributed by atoms with Gasteiger partial charge in [-0.3, -0.25) is 0 Å². The Morgan fingerprint density at radius 2 is 1.90 bits per heavy atom. The van der Waals surface area contributed by atoms with E-state index in [-0.39, 0.29) is 5.82 Å². The molecule has 0 amide bonds. The number of thioether (sulfide) groups is 1. The van der Waals surface area contributed by atoms with E-state index in [1.807, 2.05) is 31.2 Å². The Labute approximate surface area is 131 Å². The third kappa shape index (κ3) is 4.62. The number of hydrogen-bond acceptors (Lipinski definition) is 2. The molecule has 1 unspecified atom stereocenters. The molecule has 0 saturated heterocycles. The first-order valence-corrected chi connectivity index (χ1v) is 8.14. The molecule has 2 rings (SSSR count). The highest BCUT2D eigenvalue weighted by Crippen LogP contribution is 2.22. The van der Waals surface area contributed by atoms with Crippen molar-refractivity contribution < 1.29 is 9.50 Å². The Bertz CT molecular complexity index is 571. The van der Waals surface area contributed by atoms with Crippen LogP contribution in [-0.2, 0) is 6.42 Å². The van der Waals surface area contributed by atoms with Gasteiger partial charge in [-0.1, -0.05) is 22.0 Å². The first-order valence-electron chi connectivity index (χ1n) is 6.36. The van der Waals surface area contributed by atoms with Crippen molar-refractivity contribution in [2.24, 2.45) is 0 Å². The smallest absolute Gasteiger partial charge is 0.123 e. The van der Waals surface area contributed by atoms with Crippen molar-refractivity contribution in [2.45, 2.75) is 24.3 Å². The van der Waals surface area contributed by atoms with Gasteiger partial charge in [-0.2, -0.15) is 0 Å². The topological polar surface area (TPSA) is 20.2 Å². The van der Waals surface area contributed by atoms with Crippen LogP contribution in [0.5, 0.6) is 0 Å². The molecule has 0 saturated carbocycles. The van der Waals surface area contributed by atoms with Crippen LogP contribution < -0.4 is 0 Å². The molecule has 106 valence electrons. The largest absolute Gasteiger partial charge is 0.392 e. The van der Waals surface area contributed by atoms with Gasteiger partial charge in [-0.05, 0) is 60.9 Å². The van der Waals surface area contributed by atoms with Crippen LogP contribution in [0.15, 0.2) is 51.8 Å². The Morgan fingerprint density at radius 1 is 1.20 bits per heavy atom. The molecule has 0 aliphatic rings. The highest BCUT2D eigenvalue weighted by molar-refractivity contribution is 9.10. The molecule has 0 aromatic heterocycles. The average molecular weight is 355 g/mol. The summed E-state index contributed by atoms with van der Waals surface area (Å²) < 4.78 is 14.1. The average Bonchev–Trinajstić information content (AvgIpc) is 2.41. The molecule has 0 heterocycles. The summed E-state index contributed by atoms with van der Waals surface area (Å²) in [6.07, 6.45) is 0.114. The van der Waals surface area contributed by atoms with Crippen molar-refractivity contribution in [1.29, 1.82) is 0 Å². The number of aliphatic hydroxyl groups is 1. The van der Waals surface area contributed by atoms with Crippen LogP contribution in [0.1, 0.15) is 11.1 Å². The van der Waals surface area contributed by atoms with E-state index in [4.69, 9.17) is 0 Å². The van der Waals surface area contributed by atoms with Crippen molar-refractivity contribution in [1.82, 2.24) is 0 Å². The zero-order chi connectivity index (χ0) is 14.5. The monoisotopic (exact) mass is 354 g/mol. The maximum absolute atomic E-state index is 13.0. The summed E-state index contributed by atoms with van der Waals surface area (Å²) >= 11 is 5.01.